The molecule has 82 heavy (non-hydrogen) atoms. The van der Waals surface area contributed by atoms with E-state index in [1.807, 2.05) is 33.8 Å². The monoisotopic (exact) mass is 1160 g/mol. The van der Waals surface area contributed by atoms with Gasteiger partial charge in [0.15, 0.2) is 5.78 Å². The van der Waals surface area contributed by atoms with Crippen molar-refractivity contribution in [1.29, 1.82) is 0 Å². The van der Waals surface area contributed by atoms with E-state index in [4.69, 9.17) is 45.8 Å². The number of unbranched alkanes of at least 4 members (excludes halogenated alkanes) is 1. The Balaban J connectivity index is 1.13. The van der Waals surface area contributed by atoms with Crippen molar-refractivity contribution in [2.45, 2.75) is 186 Å². The second kappa shape index (κ2) is 29.3. The van der Waals surface area contributed by atoms with E-state index < -0.39 is 83.4 Å². The number of nitrogens with one attached hydrogen (secondary N) is 3. The van der Waals surface area contributed by atoms with Crippen molar-refractivity contribution >= 4 is 70.4 Å². The van der Waals surface area contributed by atoms with Crippen molar-refractivity contribution in [2.75, 3.05) is 38.0 Å². The van der Waals surface area contributed by atoms with E-state index in [2.05, 4.69) is 16.0 Å². The molecule has 1 saturated carbocycles. The highest BCUT2D eigenvalue weighted by Crippen LogP contribution is 2.50. The number of ether oxygens (including phenoxy) is 6. The molecule has 20 nitrogen and oxygen atoms in total. The number of benzene rings is 2. The summed E-state index contributed by atoms with van der Waals surface area (Å²) >= 11 is 6.84. The smallest absolute Gasteiger partial charge is 0.412 e. The molecule has 0 aromatic heterocycles. The molecule has 4 bridgehead atoms. The zero-order valence-electron chi connectivity index (χ0n) is 48.8. The minimum Gasteiger partial charge on any atom is -0.495 e. The number of fused-ring (bicyclic) bond motifs is 5. The lowest BCUT2D eigenvalue weighted by atomic mass is 9.78. The van der Waals surface area contributed by atoms with Gasteiger partial charge in [-0.15, -0.1) is 0 Å². The lowest BCUT2D eigenvalue weighted by Crippen LogP contribution is -2.53. The van der Waals surface area contributed by atoms with Crippen molar-refractivity contribution in [3.8, 4) is 5.75 Å². The fourth-order valence-corrected chi connectivity index (χ4v) is 11.3. The summed E-state index contributed by atoms with van der Waals surface area (Å²) in [4.78, 5) is 108. The largest absolute Gasteiger partial charge is 0.495 e. The summed E-state index contributed by atoms with van der Waals surface area (Å²) < 4.78 is 35.2. The van der Waals surface area contributed by atoms with Crippen LogP contribution >= 0.6 is 11.6 Å². The molecular formula is C61H84ClN5O15. The van der Waals surface area contributed by atoms with Gasteiger partial charge < -0.3 is 54.8 Å². The minimum absolute atomic E-state index is 0.00275. The maximum absolute atomic E-state index is 14.4. The maximum Gasteiger partial charge on any atom is 0.412 e. The number of amides is 5. The van der Waals surface area contributed by atoms with Crippen molar-refractivity contribution in [1.82, 2.24) is 10.6 Å². The summed E-state index contributed by atoms with van der Waals surface area (Å²) in [5, 5.41) is 20.3. The molecular weight excluding hydrogens is 1080 g/mol. The number of hydrogen-bond acceptors (Lipinski definition) is 15. The van der Waals surface area contributed by atoms with Crippen molar-refractivity contribution in [2.24, 2.45) is 29.4 Å². The Hall–Kier alpha value is -6.35. The molecule has 1 unspecified atom stereocenters. The third-order valence-corrected chi connectivity index (χ3v) is 16.8. The second-order valence-electron chi connectivity index (χ2n) is 23.2. The maximum atomic E-state index is 14.4. The molecule has 6 rings (SSSR count). The predicted molar refractivity (Wildman–Crippen MR) is 307 cm³/mol. The molecule has 3 heterocycles. The van der Waals surface area contributed by atoms with Gasteiger partial charge in [0.25, 0.3) is 0 Å². The van der Waals surface area contributed by atoms with Crippen LogP contribution in [-0.4, -0.2) is 128 Å². The number of anilines is 2. The molecule has 5 amide bonds. The van der Waals surface area contributed by atoms with Gasteiger partial charge in [0.1, 0.15) is 46.1 Å². The zero-order chi connectivity index (χ0) is 60.1. The summed E-state index contributed by atoms with van der Waals surface area (Å²) in [7, 11) is 4.48. The number of nitrogens with zero attached hydrogens (tertiary/aromatic N) is 1. The number of epoxide rings is 1. The van der Waals surface area contributed by atoms with Crippen LogP contribution in [-0.2, 0) is 65.3 Å². The van der Waals surface area contributed by atoms with Gasteiger partial charge in [-0.3, -0.25) is 34.1 Å². The average molecular weight is 1160 g/mol. The number of esters is 2. The number of carbonyl (C=O) groups excluding carboxylic acids is 8. The van der Waals surface area contributed by atoms with Gasteiger partial charge in [0.05, 0.1) is 49.8 Å². The van der Waals surface area contributed by atoms with Crippen LogP contribution in [0.2, 0.25) is 5.02 Å². The molecule has 10 atom stereocenters. The first-order valence-corrected chi connectivity index (χ1v) is 29.0. The van der Waals surface area contributed by atoms with Crippen LogP contribution in [0.15, 0.2) is 60.2 Å². The fraction of sp³-hybridized carbons (Fsp3) is 0.607. The molecule has 6 N–H and O–H groups in total. The van der Waals surface area contributed by atoms with Gasteiger partial charge in [-0.05, 0) is 113 Å². The number of nitrogens with two attached hydrogens (primary N) is 1. The Kier molecular flexibility index (Phi) is 23.1. The number of allylic oxidation sites excluding steroid dienone is 3. The van der Waals surface area contributed by atoms with Crippen LogP contribution < -0.4 is 31.3 Å². The number of methoxy groups -OCH3 is 2. The number of aliphatic hydroxyl groups is 1. The van der Waals surface area contributed by atoms with Crippen LogP contribution in [0.25, 0.3) is 0 Å². The number of Topliss-reactive ketones (excluding diaryl/α,β-unsaturated/α-hetero) is 2. The number of ketones is 2. The molecule has 2 saturated heterocycles. The molecule has 2 aromatic carbocycles. The summed E-state index contributed by atoms with van der Waals surface area (Å²) in [6.45, 7) is 11.1. The molecule has 21 heteroatoms. The number of primary amides is 1. The lowest BCUT2D eigenvalue weighted by Gasteiger charge is -2.41. The van der Waals surface area contributed by atoms with E-state index in [9.17, 15) is 43.5 Å². The van der Waals surface area contributed by atoms with Gasteiger partial charge in [-0.25, -0.2) is 9.59 Å². The quantitative estimate of drug-likeness (QED) is 0.0303. The number of hydrogen-bond donors (Lipinski definition) is 5. The van der Waals surface area contributed by atoms with E-state index in [1.54, 1.807) is 69.4 Å². The van der Waals surface area contributed by atoms with E-state index in [1.165, 1.54) is 19.1 Å². The molecule has 3 aliphatic heterocycles. The number of urea groups is 1. The van der Waals surface area contributed by atoms with E-state index in [-0.39, 0.29) is 97.7 Å². The highest BCUT2D eigenvalue weighted by Gasteiger charge is 2.64. The third-order valence-electron chi connectivity index (χ3n) is 16.4. The molecule has 0 spiro atoms. The molecule has 2 aromatic rings. The zero-order valence-corrected chi connectivity index (χ0v) is 49.6. The van der Waals surface area contributed by atoms with E-state index in [0.717, 1.165) is 30.4 Å². The third kappa shape index (κ3) is 17.6. The molecule has 450 valence electrons. The van der Waals surface area contributed by atoms with Gasteiger partial charge >= 0.3 is 24.1 Å². The summed E-state index contributed by atoms with van der Waals surface area (Å²) in [6.07, 6.45) is 5.55. The topological polar surface area (TPSA) is 281 Å². The van der Waals surface area contributed by atoms with Crippen LogP contribution in [0.3, 0.4) is 0 Å². The van der Waals surface area contributed by atoms with E-state index >= 15 is 0 Å². The Morgan fingerprint density at radius 1 is 1.00 bits per heavy atom. The van der Waals surface area contributed by atoms with Crippen LogP contribution in [0, 0.1) is 23.7 Å². The van der Waals surface area contributed by atoms with Crippen molar-refractivity contribution in [3.05, 3.63) is 76.3 Å². The number of halogens is 1. The highest BCUT2D eigenvalue weighted by molar-refractivity contribution is 6.35. The normalized spacial score (nSPS) is 26.0. The molecule has 1 aliphatic carbocycles. The average Bonchev–Trinajstić information content (AvgIpc) is 4.12. The van der Waals surface area contributed by atoms with Gasteiger partial charge in [-0.1, -0.05) is 74.7 Å². The van der Waals surface area contributed by atoms with E-state index in [0.29, 0.717) is 49.1 Å². The first-order chi connectivity index (χ1) is 38.8. The SMILES string of the molecule is COc1cc2cc(c1Cl)N(C)C(=O)C[C@H](OC(=O)Nc1ccc(CC(=O)[C@H](CCCNC(N)=O)NC(=O)[C@@H](CC(=O)CCCCC(C)OC(=O)C3CCC3)C(C)C)cc1)[C@]1(C)O[C@H]1[C@H](C)[C@@H]1C[C@@](O)(CC(=O)O1)[C@H](OC)/C=C/C=C(\C)C2. The lowest BCUT2D eigenvalue weighted by molar-refractivity contribution is -0.187. The first kappa shape index (κ1) is 64.8. The molecule has 0 radical (unpaired) electrons. The predicted octanol–water partition coefficient (Wildman–Crippen LogP) is 8.19. The Labute approximate surface area is 486 Å². The number of rotatable bonds is 23. The van der Waals surface area contributed by atoms with Gasteiger partial charge in [0.2, 0.25) is 11.8 Å². The Bertz CT molecular complexity index is 2690. The van der Waals surface area contributed by atoms with Gasteiger partial charge in [-0.2, -0.15) is 0 Å². The van der Waals surface area contributed by atoms with Crippen LogP contribution in [0.1, 0.15) is 136 Å². The Morgan fingerprint density at radius 3 is 2.37 bits per heavy atom. The summed E-state index contributed by atoms with van der Waals surface area (Å²) in [6, 6.07) is 8.27. The fourth-order valence-electron chi connectivity index (χ4n) is 11.0. The minimum atomic E-state index is -1.64. The highest BCUT2D eigenvalue weighted by atomic mass is 35.5. The van der Waals surface area contributed by atoms with Crippen LogP contribution in [0.4, 0.5) is 21.0 Å². The Morgan fingerprint density at radius 2 is 1.72 bits per heavy atom. The van der Waals surface area contributed by atoms with Crippen molar-refractivity contribution < 1.29 is 71.9 Å². The molecule has 3 fully saturated rings. The summed E-state index contributed by atoms with van der Waals surface area (Å²) in [5.41, 5.74) is 5.24. The number of carbonyl (C=O) groups is 8. The van der Waals surface area contributed by atoms with Gasteiger partial charge in [0, 0.05) is 63.9 Å². The van der Waals surface area contributed by atoms with Crippen molar-refractivity contribution in [3.63, 3.8) is 0 Å². The first-order valence-electron chi connectivity index (χ1n) is 28.6. The molecule has 4 aliphatic rings. The second-order valence-corrected chi connectivity index (χ2v) is 23.6. The van der Waals surface area contributed by atoms with Crippen LogP contribution in [0.5, 0.6) is 5.75 Å². The standard InChI is InChI=1S/C61H84ClN5O15/c1-35(2)44(31-43(68)19-11-10-16-37(4)79-57(73)41-17-13-18-41)56(72)66-45(20-14-26-64-58(63)74)47(69)29-39-22-24-42(25-23-39)65-59(75)81-51-32-52(70)67(7)46-28-40(30-48(77-8)54(46)62)27-36(3)15-12-21-50(78-9)61(76)33-49(80-53(71)34-61)38(5)55-60(51,6)82-55/h12,15,21-25,28,30,35,37-38,41,44-45,49-51,55,76H,10-11,13-14,16-20,26-27,29,31-34H2,1-9H3,(H,65,75)(H,66,72)(H3,63,64,74)/b21-12+,36-15+/t37?,38-,44+,45+,49+,50-,51+,55+,60+,61-/m1/s1. The summed E-state index contributed by atoms with van der Waals surface area (Å²) in [5.74, 6) is -3.26.